The summed E-state index contributed by atoms with van der Waals surface area (Å²) in [6.45, 7) is 1.70. The molecule has 0 spiro atoms. The van der Waals surface area contributed by atoms with E-state index in [0.717, 1.165) is 25.4 Å². The Bertz CT molecular complexity index is 313. The van der Waals surface area contributed by atoms with Gasteiger partial charge < -0.3 is 10.1 Å². The van der Waals surface area contributed by atoms with Crippen LogP contribution in [0.15, 0.2) is 18.2 Å². The van der Waals surface area contributed by atoms with E-state index in [9.17, 15) is 0 Å². The number of hydrogen-bond acceptors (Lipinski definition) is 3. The summed E-state index contributed by atoms with van der Waals surface area (Å²) in [5, 5.41) is 3.75. The minimum Gasteiger partial charge on any atom is -0.376 e. The van der Waals surface area contributed by atoms with E-state index in [1.54, 1.807) is 6.07 Å². The van der Waals surface area contributed by atoms with Gasteiger partial charge in [-0.3, -0.25) is 0 Å². The molecule has 0 bridgehead atoms. The molecule has 1 atom stereocenters. The van der Waals surface area contributed by atoms with Gasteiger partial charge in [-0.2, -0.15) is 0 Å². The minimum atomic E-state index is 0.319. The van der Waals surface area contributed by atoms with Crippen LogP contribution in [0.1, 0.15) is 19.3 Å². The Kier molecular flexibility index (Phi) is 3.80. The Labute approximate surface area is 94.8 Å². The fourth-order valence-electron chi connectivity index (χ4n) is 1.69. The average molecular weight is 227 g/mol. The van der Waals surface area contributed by atoms with Gasteiger partial charge in [-0.1, -0.05) is 17.7 Å². The molecule has 1 aromatic rings. The minimum absolute atomic E-state index is 0.319. The zero-order chi connectivity index (χ0) is 10.5. The second-order valence-corrected chi connectivity index (χ2v) is 4.10. The van der Waals surface area contributed by atoms with Gasteiger partial charge in [0.1, 0.15) is 11.0 Å². The first-order valence-electron chi connectivity index (χ1n) is 5.32. The summed E-state index contributed by atoms with van der Waals surface area (Å²) in [6.07, 6.45) is 3.90. The summed E-state index contributed by atoms with van der Waals surface area (Å²) in [7, 11) is 0. The number of rotatable bonds is 3. The van der Waals surface area contributed by atoms with E-state index in [-0.39, 0.29) is 0 Å². The van der Waals surface area contributed by atoms with Crippen molar-refractivity contribution in [3.63, 3.8) is 0 Å². The molecule has 0 radical (unpaired) electrons. The lowest BCUT2D eigenvalue weighted by Crippen LogP contribution is -2.27. The number of hydrogen-bond donors (Lipinski definition) is 1. The molecule has 82 valence electrons. The molecule has 1 N–H and O–H groups in total. The van der Waals surface area contributed by atoms with E-state index in [4.69, 9.17) is 16.3 Å². The first-order valence-corrected chi connectivity index (χ1v) is 5.70. The lowest BCUT2D eigenvalue weighted by atomic mass is 10.1. The van der Waals surface area contributed by atoms with Crippen LogP contribution < -0.4 is 5.32 Å². The molecule has 3 nitrogen and oxygen atoms in total. The summed E-state index contributed by atoms with van der Waals surface area (Å²) < 4.78 is 5.61. The molecule has 0 aromatic carbocycles. The molecule has 2 heterocycles. The molecule has 1 unspecified atom stereocenters. The van der Waals surface area contributed by atoms with Crippen LogP contribution in [0.3, 0.4) is 0 Å². The quantitative estimate of drug-likeness (QED) is 0.805. The third kappa shape index (κ3) is 3.36. The number of ether oxygens (including phenoxy) is 1. The lowest BCUT2D eigenvalue weighted by molar-refractivity contribution is 0.0247. The lowest BCUT2D eigenvalue weighted by Gasteiger charge is -2.22. The predicted molar refractivity (Wildman–Crippen MR) is 61.3 cm³/mol. The SMILES string of the molecule is Clc1cccc(NCC2CCCCO2)n1. The second kappa shape index (κ2) is 5.33. The van der Waals surface area contributed by atoms with Gasteiger partial charge in [0, 0.05) is 13.2 Å². The molecule has 0 saturated carbocycles. The van der Waals surface area contributed by atoms with Crippen molar-refractivity contribution in [3.05, 3.63) is 23.4 Å². The van der Waals surface area contributed by atoms with Gasteiger partial charge in [-0.15, -0.1) is 0 Å². The molecule has 1 aromatic heterocycles. The van der Waals surface area contributed by atoms with E-state index in [2.05, 4.69) is 10.3 Å². The maximum absolute atomic E-state index is 5.78. The van der Waals surface area contributed by atoms with Crippen LogP contribution in [0.2, 0.25) is 5.15 Å². The Balaban J connectivity index is 1.81. The van der Waals surface area contributed by atoms with Crippen molar-refractivity contribution < 1.29 is 4.74 Å². The van der Waals surface area contributed by atoms with Crippen molar-refractivity contribution in [2.75, 3.05) is 18.5 Å². The van der Waals surface area contributed by atoms with Crippen molar-refractivity contribution in [1.29, 1.82) is 0 Å². The molecule has 0 aliphatic carbocycles. The zero-order valence-electron chi connectivity index (χ0n) is 8.58. The van der Waals surface area contributed by atoms with Crippen molar-refractivity contribution in [2.45, 2.75) is 25.4 Å². The van der Waals surface area contributed by atoms with Gasteiger partial charge in [-0.05, 0) is 31.4 Å². The second-order valence-electron chi connectivity index (χ2n) is 3.72. The number of nitrogens with zero attached hydrogens (tertiary/aromatic N) is 1. The monoisotopic (exact) mass is 226 g/mol. The number of anilines is 1. The third-order valence-corrected chi connectivity index (χ3v) is 2.71. The molecule has 1 aliphatic heterocycles. The largest absolute Gasteiger partial charge is 0.376 e. The van der Waals surface area contributed by atoms with Crippen LogP contribution in [0.5, 0.6) is 0 Å². The number of aromatic nitrogens is 1. The normalized spacial score (nSPS) is 21.3. The van der Waals surface area contributed by atoms with Gasteiger partial charge in [0.2, 0.25) is 0 Å². The maximum Gasteiger partial charge on any atom is 0.131 e. The Morgan fingerprint density at radius 3 is 3.13 bits per heavy atom. The highest BCUT2D eigenvalue weighted by Crippen LogP contribution is 2.14. The van der Waals surface area contributed by atoms with Gasteiger partial charge in [0.25, 0.3) is 0 Å². The van der Waals surface area contributed by atoms with Crippen LogP contribution in [0.4, 0.5) is 5.82 Å². The number of halogens is 1. The molecular weight excluding hydrogens is 212 g/mol. The molecular formula is C11H15ClN2O. The van der Waals surface area contributed by atoms with Gasteiger partial charge in [-0.25, -0.2) is 4.98 Å². The van der Waals surface area contributed by atoms with E-state index < -0.39 is 0 Å². The Morgan fingerprint density at radius 1 is 1.47 bits per heavy atom. The predicted octanol–water partition coefficient (Wildman–Crippen LogP) is 2.72. The number of pyridine rings is 1. The van der Waals surface area contributed by atoms with Gasteiger partial charge in [0.15, 0.2) is 0 Å². The summed E-state index contributed by atoms with van der Waals surface area (Å²) in [5.41, 5.74) is 0. The summed E-state index contributed by atoms with van der Waals surface area (Å²) in [5.74, 6) is 0.816. The standard InChI is InChI=1S/C11H15ClN2O/c12-10-5-3-6-11(14-10)13-8-9-4-1-2-7-15-9/h3,5-6,9H,1-2,4,7-8H2,(H,13,14). The fourth-order valence-corrected chi connectivity index (χ4v) is 1.86. The van der Waals surface area contributed by atoms with Crippen LogP contribution in [0, 0.1) is 0 Å². The highest BCUT2D eigenvalue weighted by atomic mass is 35.5. The highest BCUT2D eigenvalue weighted by Gasteiger charge is 2.13. The summed E-state index contributed by atoms with van der Waals surface area (Å²) in [4.78, 5) is 4.16. The van der Waals surface area contributed by atoms with Crippen LogP contribution >= 0.6 is 11.6 Å². The first kappa shape index (κ1) is 10.7. The topological polar surface area (TPSA) is 34.1 Å². The third-order valence-electron chi connectivity index (χ3n) is 2.50. The smallest absolute Gasteiger partial charge is 0.131 e. The van der Waals surface area contributed by atoms with Gasteiger partial charge in [0.05, 0.1) is 6.10 Å². The van der Waals surface area contributed by atoms with E-state index in [1.807, 2.05) is 12.1 Å². The van der Waals surface area contributed by atoms with Crippen LogP contribution in [0.25, 0.3) is 0 Å². The summed E-state index contributed by atoms with van der Waals surface area (Å²) >= 11 is 5.78. The summed E-state index contributed by atoms with van der Waals surface area (Å²) in [6, 6.07) is 5.57. The van der Waals surface area contributed by atoms with E-state index in [1.165, 1.54) is 12.8 Å². The molecule has 0 amide bonds. The zero-order valence-corrected chi connectivity index (χ0v) is 9.33. The number of nitrogens with one attached hydrogen (secondary N) is 1. The molecule has 1 aliphatic rings. The molecule has 1 fully saturated rings. The average Bonchev–Trinajstić information content (AvgIpc) is 2.28. The van der Waals surface area contributed by atoms with Gasteiger partial charge >= 0.3 is 0 Å². The highest BCUT2D eigenvalue weighted by molar-refractivity contribution is 6.29. The van der Waals surface area contributed by atoms with E-state index in [0.29, 0.717) is 11.3 Å². The van der Waals surface area contributed by atoms with Crippen LogP contribution in [-0.2, 0) is 4.74 Å². The van der Waals surface area contributed by atoms with Crippen molar-refractivity contribution in [1.82, 2.24) is 4.98 Å². The fraction of sp³-hybridized carbons (Fsp3) is 0.545. The maximum atomic E-state index is 5.78. The van der Waals surface area contributed by atoms with Crippen molar-refractivity contribution in [3.8, 4) is 0 Å². The molecule has 15 heavy (non-hydrogen) atoms. The molecule has 1 saturated heterocycles. The van der Waals surface area contributed by atoms with Crippen molar-refractivity contribution >= 4 is 17.4 Å². The van der Waals surface area contributed by atoms with Crippen molar-refractivity contribution in [2.24, 2.45) is 0 Å². The first-order chi connectivity index (χ1) is 7.34. The molecule has 4 heteroatoms. The Hall–Kier alpha value is -0.800. The molecule has 2 rings (SSSR count). The van der Waals surface area contributed by atoms with E-state index >= 15 is 0 Å². The van der Waals surface area contributed by atoms with Crippen LogP contribution in [-0.4, -0.2) is 24.2 Å². The Morgan fingerprint density at radius 2 is 2.40 bits per heavy atom.